The first-order valence-corrected chi connectivity index (χ1v) is 9.45. The number of carbonyl (C=O) groups excluding carboxylic acids is 1. The Morgan fingerprint density at radius 3 is 2.62 bits per heavy atom. The summed E-state index contributed by atoms with van der Waals surface area (Å²) in [5.74, 6) is 0.155. The summed E-state index contributed by atoms with van der Waals surface area (Å²) in [5.41, 5.74) is 0.180. The number of benzene rings is 1. The molecule has 0 N–H and O–H groups in total. The molecule has 0 radical (unpaired) electrons. The van der Waals surface area contributed by atoms with Crippen molar-refractivity contribution < 1.29 is 13.2 Å². The smallest absolute Gasteiger partial charge is 0.261 e. The van der Waals surface area contributed by atoms with Gasteiger partial charge in [0.05, 0.1) is 15.5 Å². The van der Waals surface area contributed by atoms with Crippen LogP contribution in [0.4, 0.5) is 0 Å². The lowest BCUT2D eigenvalue weighted by Gasteiger charge is -2.38. The first kappa shape index (κ1) is 16.6. The Kier molecular flexibility index (Phi) is 4.85. The minimum atomic E-state index is -3.89. The second kappa shape index (κ2) is 6.15. The normalized spacial score (nSPS) is 23.1. The molecule has 1 aromatic carbocycles. The van der Waals surface area contributed by atoms with Crippen LogP contribution in [0.2, 0.25) is 5.02 Å². The molecular formula is C14H17Cl2NO3S. The van der Waals surface area contributed by atoms with Crippen molar-refractivity contribution in [2.45, 2.75) is 37.6 Å². The van der Waals surface area contributed by atoms with Gasteiger partial charge in [0, 0.05) is 23.3 Å². The van der Waals surface area contributed by atoms with Gasteiger partial charge in [-0.1, -0.05) is 18.5 Å². The topological polar surface area (TPSA) is 54.5 Å². The second-order valence-corrected chi connectivity index (χ2v) is 8.41. The van der Waals surface area contributed by atoms with Gasteiger partial charge in [0.25, 0.3) is 15.0 Å². The van der Waals surface area contributed by atoms with Gasteiger partial charge >= 0.3 is 0 Å². The minimum absolute atomic E-state index is 0.0959. The molecule has 1 aliphatic heterocycles. The summed E-state index contributed by atoms with van der Waals surface area (Å²) in [6.07, 6.45) is 2.01. The van der Waals surface area contributed by atoms with Crippen LogP contribution >= 0.6 is 22.3 Å². The summed E-state index contributed by atoms with van der Waals surface area (Å²) in [7, 11) is 1.44. The van der Waals surface area contributed by atoms with E-state index in [1.807, 2.05) is 6.92 Å². The van der Waals surface area contributed by atoms with E-state index < -0.39 is 9.05 Å². The fourth-order valence-corrected chi connectivity index (χ4v) is 3.57. The predicted molar refractivity (Wildman–Crippen MR) is 83.4 cm³/mol. The molecule has 1 amide bonds. The van der Waals surface area contributed by atoms with Crippen LogP contribution in [0.25, 0.3) is 0 Å². The third-order valence-corrected chi connectivity index (χ3v) is 5.77. The van der Waals surface area contributed by atoms with Gasteiger partial charge in [0.1, 0.15) is 0 Å². The summed E-state index contributed by atoms with van der Waals surface area (Å²) in [5, 5.41) is 0.231. The third-order valence-electron chi connectivity index (χ3n) is 4.08. The monoisotopic (exact) mass is 349 g/mol. The van der Waals surface area contributed by atoms with Crippen LogP contribution < -0.4 is 0 Å². The second-order valence-electron chi connectivity index (χ2n) is 5.44. The molecule has 1 saturated heterocycles. The van der Waals surface area contributed by atoms with E-state index in [0.717, 1.165) is 12.8 Å². The van der Waals surface area contributed by atoms with Crippen molar-refractivity contribution in [3.63, 3.8) is 0 Å². The molecule has 0 saturated carbocycles. The molecule has 2 atom stereocenters. The quantitative estimate of drug-likeness (QED) is 0.767. The number of halogens is 2. The summed E-state index contributed by atoms with van der Waals surface area (Å²) in [6, 6.07) is 4.03. The van der Waals surface area contributed by atoms with E-state index in [1.165, 1.54) is 18.2 Å². The molecule has 4 nitrogen and oxygen atoms in total. The van der Waals surface area contributed by atoms with E-state index in [9.17, 15) is 13.2 Å². The molecule has 1 aliphatic rings. The van der Waals surface area contributed by atoms with Gasteiger partial charge in [0.2, 0.25) is 0 Å². The number of hydrogen-bond donors (Lipinski definition) is 0. The Hall–Kier alpha value is -0.780. The molecule has 0 aromatic heterocycles. The zero-order chi connectivity index (χ0) is 15.8. The molecule has 1 aromatic rings. The Bertz CT molecular complexity index is 660. The first-order chi connectivity index (χ1) is 9.71. The van der Waals surface area contributed by atoms with Crippen LogP contribution in [0.1, 0.15) is 37.0 Å². The standard InChI is InChI=1S/C14H17Cl2NO3S/c1-9-4-3-7-17(10(9)2)14(18)12-8-11(21(16,19)20)5-6-13(12)15/h5-6,8-10H,3-4,7H2,1-2H3. The highest BCUT2D eigenvalue weighted by Crippen LogP contribution is 2.28. The van der Waals surface area contributed by atoms with Crippen LogP contribution in [0.5, 0.6) is 0 Å². The lowest BCUT2D eigenvalue weighted by Crippen LogP contribution is -2.46. The van der Waals surface area contributed by atoms with Gasteiger partial charge in [0.15, 0.2) is 0 Å². The van der Waals surface area contributed by atoms with Crippen LogP contribution in [0, 0.1) is 5.92 Å². The molecule has 2 unspecified atom stereocenters. The van der Waals surface area contributed by atoms with Crippen molar-refractivity contribution >= 4 is 37.2 Å². The Morgan fingerprint density at radius 1 is 1.33 bits per heavy atom. The molecule has 2 rings (SSSR count). The molecule has 21 heavy (non-hydrogen) atoms. The Balaban J connectivity index is 2.39. The third kappa shape index (κ3) is 3.52. The van der Waals surface area contributed by atoms with E-state index in [4.69, 9.17) is 22.3 Å². The number of carbonyl (C=O) groups is 1. The summed E-state index contributed by atoms with van der Waals surface area (Å²) in [6.45, 7) is 4.75. The number of hydrogen-bond acceptors (Lipinski definition) is 3. The Labute approximate surface area is 134 Å². The zero-order valence-electron chi connectivity index (χ0n) is 11.8. The lowest BCUT2D eigenvalue weighted by molar-refractivity contribution is 0.0551. The molecule has 7 heteroatoms. The summed E-state index contributed by atoms with van der Waals surface area (Å²) < 4.78 is 22.8. The largest absolute Gasteiger partial charge is 0.336 e. The number of piperidine rings is 1. The highest BCUT2D eigenvalue weighted by Gasteiger charge is 2.30. The van der Waals surface area contributed by atoms with Crippen molar-refractivity contribution in [1.29, 1.82) is 0 Å². The highest BCUT2D eigenvalue weighted by molar-refractivity contribution is 8.13. The van der Waals surface area contributed by atoms with Gasteiger partial charge < -0.3 is 4.90 Å². The van der Waals surface area contributed by atoms with Crippen molar-refractivity contribution in [2.24, 2.45) is 5.92 Å². The molecule has 0 bridgehead atoms. The van der Waals surface area contributed by atoms with Crippen molar-refractivity contribution in [1.82, 2.24) is 4.90 Å². The first-order valence-electron chi connectivity index (χ1n) is 6.77. The van der Waals surface area contributed by atoms with Crippen LogP contribution in [0.15, 0.2) is 23.1 Å². The van der Waals surface area contributed by atoms with Gasteiger partial charge in [-0.2, -0.15) is 0 Å². The number of rotatable bonds is 2. The molecule has 0 aliphatic carbocycles. The van der Waals surface area contributed by atoms with E-state index >= 15 is 0 Å². The van der Waals surface area contributed by atoms with Gasteiger partial charge in [-0.3, -0.25) is 4.79 Å². The maximum Gasteiger partial charge on any atom is 0.261 e. The SMILES string of the molecule is CC1CCCN(C(=O)c2cc(S(=O)(=O)Cl)ccc2Cl)C1C. The van der Waals surface area contributed by atoms with E-state index in [1.54, 1.807) is 4.90 Å². The summed E-state index contributed by atoms with van der Waals surface area (Å²) in [4.78, 5) is 14.3. The molecule has 1 heterocycles. The van der Waals surface area contributed by atoms with Gasteiger partial charge in [-0.25, -0.2) is 8.42 Å². The molecule has 116 valence electrons. The average Bonchev–Trinajstić information content (AvgIpc) is 2.40. The van der Waals surface area contributed by atoms with Crippen LogP contribution in [-0.2, 0) is 9.05 Å². The Morgan fingerprint density at radius 2 is 2.00 bits per heavy atom. The van der Waals surface area contributed by atoms with Gasteiger partial charge in [-0.15, -0.1) is 0 Å². The fraction of sp³-hybridized carbons (Fsp3) is 0.500. The highest BCUT2D eigenvalue weighted by atomic mass is 35.7. The zero-order valence-corrected chi connectivity index (χ0v) is 14.2. The predicted octanol–water partition coefficient (Wildman–Crippen LogP) is 3.53. The van der Waals surface area contributed by atoms with Crippen molar-refractivity contribution in [2.75, 3.05) is 6.54 Å². The van der Waals surface area contributed by atoms with E-state index in [-0.39, 0.29) is 27.4 Å². The molecule has 1 fully saturated rings. The maximum atomic E-state index is 12.7. The van der Waals surface area contributed by atoms with E-state index in [0.29, 0.717) is 12.5 Å². The molecular weight excluding hydrogens is 333 g/mol. The number of amides is 1. The minimum Gasteiger partial charge on any atom is -0.336 e. The maximum absolute atomic E-state index is 12.7. The van der Waals surface area contributed by atoms with Crippen molar-refractivity contribution in [3.05, 3.63) is 28.8 Å². The fourth-order valence-electron chi connectivity index (χ4n) is 2.60. The van der Waals surface area contributed by atoms with Crippen molar-refractivity contribution in [3.8, 4) is 0 Å². The van der Waals surface area contributed by atoms with E-state index in [2.05, 4.69) is 6.92 Å². The van der Waals surface area contributed by atoms with Gasteiger partial charge in [-0.05, 0) is 43.9 Å². The molecule has 0 spiro atoms. The lowest BCUT2D eigenvalue weighted by atomic mass is 9.91. The average molecular weight is 350 g/mol. The van der Waals surface area contributed by atoms with Crippen LogP contribution in [0.3, 0.4) is 0 Å². The summed E-state index contributed by atoms with van der Waals surface area (Å²) >= 11 is 6.06. The number of likely N-dealkylation sites (tertiary alicyclic amines) is 1. The van der Waals surface area contributed by atoms with Crippen LogP contribution in [-0.4, -0.2) is 31.8 Å². The number of nitrogens with zero attached hydrogens (tertiary/aromatic N) is 1.